The lowest BCUT2D eigenvalue weighted by molar-refractivity contribution is -0.116. The van der Waals surface area contributed by atoms with Crippen molar-refractivity contribution in [1.29, 1.82) is 0 Å². The summed E-state index contributed by atoms with van der Waals surface area (Å²) < 4.78 is 2.32. The van der Waals surface area contributed by atoms with Gasteiger partial charge in [-0.05, 0) is 46.9 Å². The maximum atomic E-state index is 13.5. The Labute approximate surface area is 204 Å². The van der Waals surface area contributed by atoms with Gasteiger partial charge in [0, 0.05) is 52.5 Å². The predicted octanol–water partition coefficient (Wildman–Crippen LogP) is 7.52. The van der Waals surface area contributed by atoms with Crippen molar-refractivity contribution in [3.05, 3.63) is 119 Å². The molecule has 0 amide bonds. The molecule has 0 fully saturated rings. The summed E-state index contributed by atoms with van der Waals surface area (Å²) in [6, 6.07) is 31.9. The van der Waals surface area contributed by atoms with Crippen LogP contribution in [0.5, 0.6) is 0 Å². The highest BCUT2D eigenvalue weighted by molar-refractivity contribution is 6.13. The number of benzene rings is 4. The molecule has 5 aromatic rings. The first-order valence-electron chi connectivity index (χ1n) is 12.4. The average molecular weight is 455 g/mol. The second-order valence-corrected chi connectivity index (χ2v) is 9.67. The van der Waals surface area contributed by atoms with Crippen LogP contribution in [0.1, 0.15) is 42.0 Å². The van der Waals surface area contributed by atoms with Crippen molar-refractivity contribution in [3.8, 4) is 0 Å². The Morgan fingerprint density at radius 2 is 1.57 bits per heavy atom. The molecule has 4 aromatic carbocycles. The maximum Gasteiger partial charge on any atom is 0.161 e. The van der Waals surface area contributed by atoms with E-state index in [-0.39, 0.29) is 11.8 Å². The summed E-state index contributed by atoms with van der Waals surface area (Å²) in [6.07, 6.45) is 4.75. The predicted molar refractivity (Wildman–Crippen MR) is 144 cm³/mol. The Kier molecular flexibility index (Phi) is 4.63. The number of aromatic nitrogens is 1. The third-order valence-corrected chi connectivity index (χ3v) is 7.60. The lowest BCUT2D eigenvalue weighted by atomic mass is 9.77. The summed E-state index contributed by atoms with van der Waals surface area (Å²) in [7, 11) is 0. The molecule has 3 heteroatoms. The van der Waals surface area contributed by atoms with E-state index in [1.54, 1.807) is 0 Å². The van der Waals surface area contributed by atoms with Gasteiger partial charge in [-0.15, -0.1) is 0 Å². The number of anilines is 1. The van der Waals surface area contributed by atoms with E-state index < -0.39 is 0 Å². The monoisotopic (exact) mass is 454 g/mol. The summed E-state index contributed by atoms with van der Waals surface area (Å²) in [6.45, 7) is 0.801. The van der Waals surface area contributed by atoms with Crippen LogP contribution in [0.2, 0.25) is 0 Å². The molecule has 3 nitrogen and oxygen atoms in total. The number of hydrogen-bond acceptors (Lipinski definition) is 2. The van der Waals surface area contributed by atoms with Crippen LogP contribution in [0.3, 0.4) is 0 Å². The normalized spacial score (nSPS) is 17.4. The van der Waals surface area contributed by atoms with Crippen molar-refractivity contribution in [1.82, 2.24) is 4.57 Å². The zero-order valence-electron chi connectivity index (χ0n) is 19.5. The average Bonchev–Trinajstić information content (AvgIpc) is 3.27. The summed E-state index contributed by atoms with van der Waals surface area (Å²) in [5, 5.41) is 7.46. The zero-order chi connectivity index (χ0) is 23.4. The van der Waals surface area contributed by atoms with Crippen LogP contribution in [-0.2, 0) is 11.3 Å². The van der Waals surface area contributed by atoms with Crippen molar-refractivity contribution in [2.45, 2.75) is 31.8 Å². The Hall–Kier alpha value is -4.11. The molecule has 1 atom stereocenters. The van der Waals surface area contributed by atoms with E-state index in [2.05, 4.69) is 107 Å². The van der Waals surface area contributed by atoms with Crippen molar-refractivity contribution < 1.29 is 4.79 Å². The Morgan fingerprint density at radius 1 is 0.800 bits per heavy atom. The molecule has 2 aliphatic rings. The molecule has 2 heterocycles. The smallest absolute Gasteiger partial charge is 0.161 e. The summed E-state index contributed by atoms with van der Waals surface area (Å²) in [5.74, 6) is 0.280. The third-order valence-electron chi connectivity index (χ3n) is 7.60. The fourth-order valence-corrected chi connectivity index (χ4v) is 6.05. The Bertz CT molecular complexity index is 1640. The first kappa shape index (κ1) is 20.3. The number of carbonyl (C=O) groups is 1. The highest BCUT2D eigenvalue weighted by Crippen LogP contribution is 2.49. The molecular formula is C32H26N2O. The van der Waals surface area contributed by atoms with Crippen LogP contribution in [0.15, 0.2) is 103 Å². The van der Waals surface area contributed by atoms with Gasteiger partial charge in [0.1, 0.15) is 0 Å². The molecule has 0 saturated heterocycles. The number of allylic oxidation sites excluding steroid dienone is 1. The van der Waals surface area contributed by atoms with Crippen molar-refractivity contribution in [3.63, 3.8) is 0 Å². The minimum atomic E-state index is -0.145. The molecule has 1 aliphatic heterocycles. The summed E-state index contributed by atoms with van der Waals surface area (Å²) in [5.41, 5.74) is 8.18. The molecule has 0 unspecified atom stereocenters. The quantitative estimate of drug-likeness (QED) is 0.306. The number of nitrogens with one attached hydrogen (secondary N) is 1. The van der Waals surface area contributed by atoms with Gasteiger partial charge >= 0.3 is 0 Å². The van der Waals surface area contributed by atoms with Gasteiger partial charge in [0.2, 0.25) is 0 Å². The first-order valence-corrected chi connectivity index (χ1v) is 12.4. The largest absolute Gasteiger partial charge is 0.373 e. The van der Waals surface area contributed by atoms with Crippen LogP contribution >= 0.6 is 0 Å². The molecule has 170 valence electrons. The van der Waals surface area contributed by atoms with Crippen LogP contribution in [-0.4, -0.2) is 10.4 Å². The fraction of sp³-hybridized carbons (Fsp3) is 0.156. The van der Waals surface area contributed by atoms with Crippen LogP contribution in [0.4, 0.5) is 5.69 Å². The number of fused-ring (bicyclic) bond motifs is 5. The zero-order valence-corrected chi connectivity index (χ0v) is 19.5. The van der Waals surface area contributed by atoms with Gasteiger partial charge in [-0.25, -0.2) is 0 Å². The number of para-hydroxylation sites is 1. The van der Waals surface area contributed by atoms with E-state index in [1.807, 2.05) is 0 Å². The van der Waals surface area contributed by atoms with E-state index >= 15 is 0 Å². The maximum absolute atomic E-state index is 13.5. The van der Waals surface area contributed by atoms with E-state index in [0.29, 0.717) is 6.42 Å². The minimum Gasteiger partial charge on any atom is -0.373 e. The molecule has 0 bridgehead atoms. The van der Waals surface area contributed by atoms with Crippen LogP contribution in [0, 0.1) is 0 Å². The van der Waals surface area contributed by atoms with Gasteiger partial charge in [-0.2, -0.15) is 0 Å². The summed E-state index contributed by atoms with van der Waals surface area (Å²) >= 11 is 0. The topological polar surface area (TPSA) is 34.0 Å². The molecule has 1 N–H and O–H groups in total. The molecule has 1 aliphatic carbocycles. The highest BCUT2D eigenvalue weighted by atomic mass is 16.1. The fourth-order valence-electron chi connectivity index (χ4n) is 6.05. The van der Waals surface area contributed by atoms with E-state index in [0.717, 1.165) is 30.6 Å². The lowest BCUT2D eigenvalue weighted by Crippen LogP contribution is -2.27. The standard InChI is InChI=1S/C32H26N2O/c35-29-16-8-14-25-30-23-12-5-4-11-22(23)17-18-27(30)33-32(31(25)29)26-20-34(19-21-9-2-1-3-10-21)28-15-7-6-13-24(26)28/h1-7,9-13,15,17-18,20,32-33H,8,14,16,19H2/t32-/m0/s1. The van der Waals surface area contributed by atoms with E-state index in [1.165, 1.54) is 43.9 Å². The first-order chi connectivity index (χ1) is 17.3. The molecular weight excluding hydrogens is 428 g/mol. The summed E-state index contributed by atoms with van der Waals surface area (Å²) in [4.78, 5) is 13.5. The number of Topliss-reactive ketones (excluding diaryl/α,β-unsaturated/α-hetero) is 1. The third kappa shape index (κ3) is 3.23. The van der Waals surface area contributed by atoms with Crippen molar-refractivity contribution >= 4 is 38.7 Å². The minimum absolute atomic E-state index is 0.145. The van der Waals surface area contributed by atoms with Crippen LogP contribution in [0.25, 0.3) is 27.2 Å². The van der Waals surface area contributed by atoms with Gasteiger partial charge in [0.15, 0.2) is 5.78 Å². The molecule has 35 heavy (non-hydrogen) atoms. The number of carbonyl (C=O) groups excluding carboxylic acids is 1. The number of nitrogens with zero attached hydrogens (tertiary/aromatic N) is 1. The van der Waals surface area contributed by atoms with Gasteiger partial charge in [-0.1, -0.05) is 78.9 Å². The number of ketones is 1. The van der Waals surface area contributed by atoms with Crippen molar-refractivity contribution in [2.24, 2.45) is 0 Å². The SMILES string of the molecule is O=C1CCCC2=C1[C@H](c1cn(Cc3ccccc3)c3ccccc13)Nc1ccc3ccccc3c12. The van der Waals surface area contributed by atoms with Gasteiger partial charge in [0.25, 0.3) is 0 Å². The molecule has 0 saturated carbocycles. The number of hydrogen-bond donors (Lipinski definition) is 1. The van der Waals surface area contributed by atoms with E-state index in [4.69, 9.17) is 0 Å². The van der Waals surface area contributed by atoms with Gasteiger partial charge < -0.3 is 9.88 Å². The Morgan fingerprint density at radius 3 is 2.46 bits per heavy atom. The van der Waals surface area contributed by atoms with Crippen molar-refractivity contribution in [2.75, 3.05) is 5.32 Å². The molecule has 7 rings (SSSR count). The molecule has 1 aromatic heterocycles. The lowest BCUT2D eigenvalue weighted by Gasteiger charge is -2.35. The second kappa shape index (κ2) is 7.99. The molecule has 0 radical (unpaired) electrons. The molecule has 0 spiro atoms. The Balaban J connectivity index is 1.44. The van der Waals surface area contributed by atoms with Gasteiger partial charge in [-0.3, -0.25) is 4.79 Å². The second-order valence-electron chi connectivity index (χ2n) is 9.67. The highest BCUT2D eigenvalue weighted by Gasteiger charge is 2.36. The van der Waals surface area contributed by atoms with E-state index in [9.17, 15) is 4.79 Å². The van der Waals surface area contributed by atoms with Gasteiger partial charge in [0.05, 0.1) is 6.04 Å². The van der Waals surface area contributed by atoms with Crippen LogP contribution < -0.4 is 5.32 Å². The number of rotatable bonds is 3.